The first-order valence-corrected chi connectivity index (χ1v) is 9.26. The summed E-state index contributed by atoms with van der Waals surface area (Å²) >= 11 is 0. The Morgan fingerprint density at radius 3 is 2.20 bits per heavy atom. The Bertz CT molecular complexity index is 1400. The summed E-state index contributed by atoms with van der Waals surface area (Å²) in [5.41, 5.74) is 2.38. The van der Waals surface area contributed by atoms with E-state index in [0.29, 0.717) is 27.5 Å². The lowest BCUT2D eigenvalue weighted by Gasteiger charge is -2.12. The second-order valence-electron chi connectivity index (χ2n) is 7.45. The van der Waals surface area contributed by atoms with Crippen molar-refractivity contribution in [2.75, 3.05) is 7.05 Å². The van der Waals surface area contributed by atoms with Crippen LogP contribution in [0, 0.1) is 6.92 Å². The smallest absolute Gasteiger partial charge is 0.308 e. The van der Waals surface area contributed by atoms with Crippen LogP contribution in [-0.2, 0) is 6.18 Å². The number of rotatable bonds is 1. The third-order valence-electron chi connectivity index (χ3n) is 5.58. The number of nitrogens with zero attached hydrogens (tertiary/aromatic N) is 2. The van der Waals surface area contributed by atoms with Crippen molar-refractivity contribution in [2.24, 2.45) is 0 Å². The van der Waals surface area contributed by atoms with Gasteiger partial charge in [0, 0.05) is 17.8 Å². The monoisotopic (exact) mass is 408 g/mol. The summed E-state index contributed by atoms with van der Waals surface area (Å²) in [7, 11) is 1.42. The van der Waals surface area contributed by atoms with E-state index in [4.69, 9.17) is 0 Å². The van der Waals surface area contributed by atoms with Crippen LogP contribution in [0.5, 0.6) is 0 Å². The minimum Gasteiger partial charge on any atom is -0.308 e. The second kappa shape index (κ2) is 5.95. The summed E-state index contributed by atoms with van der Waals surface area (Å²) < 4.78 is 41.8. The highest BCUT2D eigenvalue weighted by Gasteiger charge is 2.36. The molecular weight excluding hydrogens is 393 g/mol. The van der Waals surface area contributed by atoms with Crippen LogP contribution in [0.15, 0.2) is 54.6 Å². The minimum atomic E-state index is -4.47. The molecule has 1 aliphatic heterocycles. The fraction of sp³-hybridized carbons (Fsp3) is 0.130. The summed E-state index contributed by atoms with van der Waals surface area (Å²) in [6.45, 7) is 1.87. The van der Waals surface area contributed by atoms with Crippen LogP contribution in [0.4, 0.5) is 13.2 Å². The number of aryl methyl sites for hydroxylation is 1. The van der Waals surface area contributed by atoms with Crippen LogP contribution in [-0.4, -0.2) is 28.3 Å². The van der Waals surface area contributed by atoms with Crippen molar-refractivity contribution < 1.29 is 22.8 Å². The van der Waals surface area contributed by atoms with Crippen LogP contribution in [0.25, 0.3) is 27.5 Å². The lowest BCUT2D eigenvalue weighted by atomic mass is 10.1. The predicted octanol–water partition coefficient (Wildman–Crippen LogP) is 5.34. The van der Waals surface area contributed by atoms with E-state index in [-0.39, 0.29) is 11.1 Å². The maximum atomic E-state index is 13.3. The molecular formula is C23H15F3N2O2. The van der Waals surface area contributed by atoms with Gasteiger partial charge in [-0.15, -0.1) is 0 Å². The van der Waals surface area contributed by atoms with Crippen molar-refractivity contribution in [3.63, 3.8) is 0 Å². The number of hydrogen-bond donors (Lipinski definition) is 0. The van der Waals surface area contributed by atoms with Gasteiger partial charge in [0.1, 0.15) is 0 Å². The number of halogens is 3. The number of fused-ring (bicyclic) bond motifs is 4. The van der Waals surface area contributed by atoms with Crippen molar-refractivity contribution in [3.8, 4) is 5.69 Å². The van der Waals surface area contributed by atoms with Crippen LogP contribution >= 0.6 is 0 Å². The third-order valence-corrected chi connectivity index (χ3v) is 5.58. The van der Waals surface area contributed by atoms with Gasteiger partial charge in [-0.2, -0.15) is 13.2 Å². The lowest BCUT2D eigenvalue weighted by molar-refractivity contribution is -0.137. The third kappa shape index (κ3) is 2.41. The Labute approximate surface area is 169 Å². The molecule has 0 radical (unpaired) electrons. The fourth-order valence-electron chi connectivity index (χ4n) is 4.14. The average Bonchev–Trinajstić information content (AvgIpc) is 3.14. The summed E-state index contributed by atoms with van der Waals surface area (Å²) in [5.74, 6) is -0.826. The Kier molecular flexibility index (Phi) is 3.65. The zero-order valence-corrected chi connectivity index (χ0v) is 16.0. The van der Waals surface area contributed by atoms with Crippen LogP contribution in [0.1, 0.15) is 31.8 Å². The van der Waals surface area contributed by atoms with Gasteiger partial charge in [0.25, 0.3) is 11.8 Å². The summed E-state index contributed by atoms with van der Waals surface area (Å²) in [6.07, 6.45) is -4.47. The number of aromatic nitrogens is 1. The van der Waals surface area contributed by atoms with Crippen molar-refractivity contribution in [1.82, 2.24) is 9.47 Å². The standard InChI is InChI=1S/C23H15F3N2O2/c1-12-6-8-17-15(10-12)16-11-13(23(24,25)26)7-9-18(16)28(17)19-5-3-4-14-20(19)22(30)27(2)21(14)29/h3-11H,1-2H3. The molecule has 0 N–H and O–H groups in total. The van der Waals surface area contributed by atoms with Gasteiger partial charge in [0.05, 0.1) is 33.4 Å². The van der Waals surface area contributed by atoms with Crippen molar-refractivity contribution in [1.29, 1.82) is 0 Å². The molecule has 0 saturated heterocycles. The van der Waals surface area contributed by atoms with Crippen molar-refractivity contribution in [2.45, 2.75) is 13.1 Å². The Balaban J connectivity index is 1.92. The van der Waals surface area contributed by atoms with Gasteiger partial charge >= 0.3 is 6.18 Å². The Hall–Kier alpha value is -3.61. The van der Waals surface area contributed by atoms with Gasteiger partial charge in [-0.05, 0) is 49.4 Å². The molecule has 150 valence electrons. The number of carbonyl (C=O) groups is 2. The number of amides is 2. The van der Waals surface area contributed by atoms with Gasteiger partial charge in [0.15, 0.2) is 0 Å². The quantitative estimate of drug-likeness (QED) is 0.399. The minimum absolute atomic E-state index is 0.254. The fourth-order valence-corrected chi connectivity index (χ4v) is 4.14. The van der Waals surface area contributed by atoms with Gasteiger partial charge in [-0.1, -0.05) is 17.7 Å². The number of hydrogen-bond acceptors (Lipinski definition) is 2. The van der Waals surface area contributed by atoms with E-state index in [2.05, 4.69) is 0 Å². The van der Waals surface area contributed by atoms with Crippen LogP contribution in [0.3, 0.4) is 0 Å². The molecule has 0 aliphatic carbocycles. The molecule has 2 heterocycles. The maximum Gasteiger partial charge on any atom is 0.416 e. The first-order valence-electron chi connectivity index (χ1n) is 9.26. The first-order chi connectivity index (χ1) is 14.2. The molecule has 7 heteroatoms. The molecule has 0 unspecified atom stereocenters. The number of alkyl halides is 3. The highest BCUT2D eigenvalue weighted by atomic mass is 19.4. The van der Waals surface area contributed by atoms with E-state index in [9.17, 15) is 22.8 Å². The van der Waals surface area contributed by atoms with Gasteiger partial charge < -0.3 is 4.57 Å². The molecule has 4 nitrogen and oxygen atoms in total. The Morgan fingerprint density at radius 2 is 1.50 bits per heavy atom. The van der Waals surface area contributed by atoms with E-state index in [1.165, 1.54) is 13.1 Å². The average molecular weight is 408 g/mol. The molecule has 2 amide bonds. The van der Waals surface area contributed by atoms with E-state index in [1.54, 1.807) is 22.8 Å². The highest BCUT2D eigenvalue weighted by Crippen LogP contribution is 2.39. The molecule has 5 rings (SSSR count). The molecule has 0 bridgehead atoms. The van der Waals surface area contributed by atoms with E-state index < -0.39 is 23.6 Å². The number of carbonyl (C=O) groups excluding carboxylic acids is 2. The van der Waals surface area contributed by atoms with E-state index in [0.717, 1.165) is 22.6 Å². The molecule has 0 atom stereocenters. The summed E-state index contributed by atoms with van der Waals surface area (Å²) in [4.78, 5) is 26.3. The Morgan fingerprint density at radius 1 is 0.833 bits per heavy atom. The molecule has 0 saturated carbocycles. The highest BCUT2D eigenvalue weighted by molar-refractivity contribution is 6.23. The lowest BCUT2D eigenvalue weighted by Crippen LogP contribution is -2.24. The zero-order chi connectivity index (χ0) is 21.4. The predicted molar refractivity (Wildman–Crippen MR) is 107 cm³/mol. The van der Waals surface area contributed by atoms with Gasteiger partial charge in [-0.25, -0.2) is 0 Å². The van der Waals surface area contributed by atoms with Gasteiger partial charge in [-0.3, -0.25) is 14.5 Å². The number of imide groups is 1. The van der Waals surface area contributed by atoms with Gasteiger partial charge in [0.2, 0.25) is 0 Å². The largest absolute Gasteiger partial charge is 0.416 e. The van der Waals surface area contributed by atoms with E-state index in [1.807, 2.05) is 25.1 Å². The zero-order valence-electron chi connectivity index (χ0n) is 16.0. The topological polar surface area (TPSA) is 42.3 Å². The SMILES string of the molecule is Cc1ccc2c(c1)c1cc(C(F)(F)F)ccc1n2-c1cccc2c1C(=O)N(C)C2=O. The first kappa shape index (κ1) is 18.4. The number of benzene rings is 3. The molecule has 1 aromatic heterocycles. The van der Waals surface area contributed by atoms with Crippen LogP contribution in [0.2, 0.25) is 0 Å². The van der Waals surface area contributed by atoms with Crippen molar-refractivity contribution >= 4 is 33.6 Å². The summed E-state index contributed by atoms with van der Waals surface area (Å²) in [6, 6.07) is 14.1. The second-order valence-corrected chi connectivity index (χ2v) is 7.45. The van der Waals surface area contributed by atoms with E-state index >= 15 is 0 Å². The molecule has 0 spiro atoms. The molecule has 30 heavy (non-hydrogen) atoms. The normalized spacial score (nSPS) is 14.2. The van der Waals surface area contributed by atoms with Crippen LogP contribution < -0.4 is 0 Å². The van der Waals surface area contributed by atoms with Crippen molar-refractivity contribution in [3.05, 3.63) is 76.9 Å². The molecule has 3 aromatic carbocycles. The maximum absolute atomic E-state index is 13.3. The summed E-state index contributed by atoms with van der Waals surface area (Å²) in [5, 5.41) is 1.09. The molecule has 0 fully saturated rings. The molecule has 1 aliphatic rings. The molecule has 4 aromatic rings.